The van der Waals surface area contributed by atoms with E-state index in [0.717, 1.165) is 5.56 Å². The van der Waals surface area contributed by atoms with Crippen molar-refractivity contribution in [2.24, 2.45) is 0 Å². The molecule has 0 aliphatic rings. The zero-order valence-electron chi connectivity index (χ0n) is 11.0. The number of aryl methyl sites for hydroxylation is 2. The molecule has 0 amide bonds. The number of nitrogens with zero attached hydrogens (tertiary/aromatic N) is 2. The summed E-state index contributed by atoms with van der Waals surface area (Å²) in [5, 5.41) is 7.36. The first-order chi connectivity index (χ1) is 9.11. The third-order valence-corrected chi connectivity index (χ3v) is 3.25. The molecule has 0 fully saturated rings. The van der Waals surface area contributed by atoms with Crippen LogP contribution >= 0.6 is 11.6 Å². The molecule has 1 aromatic carbocycles. The van der Waals surface area contributed by atoms with Gasteiger partial charge in [-0.3, -0.25) is 4.79 Å². The predicted octanol–water partition coefficient (Wildman–Crippen LogP) is 2.84. The van der Waals surface area contributed by atoms with Gasteiger partial charge < -0.3 is 5.32 Å². The van der Waals surface area contributed by atoms with Crippen molar-refractivity contribution in [3.8, 4) is 0 Å². The Labute approximate surface area is 117 Å². The van der Waals surface area contributed by atoms with Crippen LogP contribution in [0.3, 0.4) is 0 Å². The number of hydrogen-bond acceptors (Lipinski definition) is 3. The van der Waals surface area contributed by atoms with Crippen molar-refractivity contribution in [2.75, 3.05) is 5.32 Å². The summed E-state index contributed by atoms with van der Waals surface area (Å²) < 4.78 is 1.33. The molecule has 0 radical (unpaired) electrons. The van der Waals surface area contributed by atoms with Crippen LogP contribution in [0.1, 0.15) is 18.1 Å². The lowest BCUT2D eigenvalue weighted by molar-refractivity contribution is 0.616. The highest BCUT2D eigenvalue weighted by molar-refractivity contribution is 6.32. The fourth-order valence-electron chi connectivity index (χ4n) is 1.72. The molecule has 2 rings (SSSR count). The fraction of sp³-hybridized carbons (Fsp3) is 0.286. The highest BCUT2D eigenvalue weighted by Gasteiger charge is 2.07. The monoisotopic (exact) mass is 277 g/mol. The zero-order chi connectivity index (χ0) is 13.8. The minimum absolute atomic E-state index is 0.184. The van der Waals surface area contributed by atoms with E-state index in [1.54, 1.807) is 6.20 Å². The van der Waals surface area contributed by atoms with Gasteiger partial charge >= 0.3 is 0 Å². The Balaban J connectivity index is 2.14. The fourth-order valence-corrected chi connectivity index (χ4v) is 1.93. The Kier molecular flexibility index (Phi) is 4.22. The standard InChI is InChI=1S/C14H16ClN3O/c1-3-18-14(19)13(15)12(9-17-18)16-8-11-6-4-10(2)5-7-11/h4-7,9,16H,3,8H2,1-2H3. The van der Waals surface area contributed by atoms with Crippen molar-refractivity contribution in [1.29, 1.82) is 0 Å². The molecule has 1 heterocycles. The first-order valence-corrected chi connectivity index (χ1v) is 6.54. The maximum Gasteiger partial charge on any atom is 0.287 e. The highest BCUT2D eigenvalue weighted by atomic mass is 35.5. The van der Waals surface area contributed by atoms with Gasteiger partial charge in [0.1, 0.15) is 5.02 Å². The lowest BCUT2D eigenvalue weighted by Gasteiger charge is -2.09. The van der Waals surface area contributed by atoms with E-state index in [2.05, 4.69) is 10.4 Å². The van der Waals surface area contributed by atoms with Gasteiger partial charge in [0.2, 0.25) is 0 Å². The Morgan fingerprint density at radius 1 is 1.32 bits per heavy atom. The Morgan fingerprint density at radius 3 is 2.63 bits per heavy atom. The number of aromatic nitrogens is 2. The topological polar surface area (TPSA) is 46.9 Å². The van der Waals surface area contributed by atoms with Crippen LogP contribution in [0.5, 0.6) is 0 Å². The molecule has 1 aromatic heterocycles. The summed E-state index contributed by atoms with van der Waals surface area (Å²) in [6.45, 7) is 5.01. The molecule has 0 saturated carbocycles. The molecule has 0 unspecified atom stereocenters. The lowest BCUT2D eigenvalue weighted by Crippen LogP contribution is -2.23. The normalized spacial score (nSPS) is 10.5. The molecular weight excluding hydrogens is 262 g/mol. The van der Waals surface area contributed by atoms with Crippen molar-refractivity contribution in [1.82, 2.24) is 9.78 Å². The van der Waals surface area contributed by atoms with Gasteiger partial charge in [-0.25, -0.2) is 4.68 Å². The molecule has 0 aliphatic carbocycles. The zero-order valence-corrected chi connectivity index (χ0v) is 11.7. The van der Waals surface area contributed by atoms with Crippen molar-refractivity contribution in [3.05, 3.63) is 57.0 Å². The molecule has 5 heteroatoms. The molecule has 4 nitrogen and oxygen atoms in total. The molecule has 0 aliphatic heterocycles. The number of rotatable bonds is 4. The summed E-state index contributed by atoms with van der Waals surface area (Å²) in [7, 11) is 0. The van der Waals surface area contributed by atoms with Gasteiger partial charge in [0, 0.05) is 13.1 Å². The van der Waals surface area contributed by atoms with Crippen LogP contribution in [0.15, 0.2) is 35.3 Å². The summed E-state index contributed by atoms with van der Waals surface area (Å²) in [5.41, 5.74) is 2.64. The van der Waals surface area contributed by atoms with Crippen LogP contribution in [0, 0.1) is 6.92 Å². The molecule has 19 heavy (non-hydrogen) atoms. The molecule has 0 bridgehead atoms. The van der Waals surface area contributed by atoms with E-state index < -0.39 is 0 Å². The molecular formula is C14H16ClN3O. The number of nitrogens with one attached hydrogen (secondary N) is 1. The van der Waals surface area contributed by atoms with Gasteiger partial charge in [-0.15, -0.1) is 0 Å². The summed E-state index contributed by atoms with van der Waals surface area (Å²) in [5.74, 6) is 0. The second-order valence-corrected chi connectivity index (χ2v) is 4.71. The molecule has 2 aromatic rings. The van der Waals surface area contributed by atoms with Gasteiger partial charge in [0.25, 0.3) is 5.56 Å². The second kappa shape index (κ2) is 5.89. The van der Waals surface area contributed by atoms with Crippen molar-refractivity contribution in [3.63, 3.8) is 0 Å². The maximum absolute atomic E-state index is 11.8. The van der Waals surface area contributed by atoms with Crippen LogP contribution < -0.4 is 10.9 Å². The summed E-state index contributed by atoms with van der Waals surface area (Å²) in [6, 6.07) is 8.17. The number of halogens is 1. The molecule has 1 N–H and O–H groups in total. The van der Waals surface area contributed by atoms with E-state index in [1.807, 2.05) is 38.1 Å². The lowest BCUT2D eigenvalue weighted by atomic mass is 10.1. The largest absolute Gasteiger partial charge is 0.378 e. The summed E-state index contributed by atoms with van der Waals surface area (Å²) in [4.78, 5) is 11.8. The first-order valence-electron chi connectivity index (χ1n) is 6.17. The Hall–Kier alpha value is -1.81. The average molecular weight is 278 g/mol. The summed E-state index contributed by atoms with van der Waals surface area (Å²) in [6.07, 6.45) is 1.58. The van der Waals surface area contributed by atoms with Crippen LogP contribution in [0.2, 0.25) is 5.02 Å². The van der Waals surface area contributed by atoms with Gasteiger partial charge in [0.05, 0.1) is 11.9 Å². The minimum atomic E-state index is -0.266. The third kappa shape index (κ3) is 3.15. The second-order valence-electron chi connectivity index (χ2n) is 4.33. The smallest absolute Gasteiger partial charge is 0.287 e. The van der Waals surface area contributed by atoms with Gasteiger partial charge in [0.15, 0.2) is 0 Å². The molecule has 0 saturated heterocycles. The Morgan fingerprint density at radius 2 is 2.00 bits per heavy atom. The highest BCUT2D eigenvalue weighted by Crippen LogP contribution is 2.16. The van der Waals surface area contributed by atoms with E-state index in [0.29, 0.717) is 18.8 Å². The van der Waals surface area contributed by atoms with Crippen LogP contribution in [0.4, 0.5) is 5.69 Å². The quantitative estimate of drug-likeness (QED) is 0.935. The number of benzene rings is 1. The van der Waals surface area contributed by atoms with E-state index >= 15 is 0 Å². The van der Waals surface area contributed by atoms with Gasteiger partial charge in [-0.2, -0.15) is 5.10 Å². The minimum Gasteiger partial charge on any atom is -0.378 e. The number of anilines is 1. The van der Waals surface area contributed by atoms with Crippen LogP contribution in [-0.2, 0) is 13.1 Å². The molecule has 100 valence electrons. The Bertz CT molecular complexity index is 620. The van der Waals surface area contributed by atoms with E-state index in [1.165, 1.54) is 10.2 Å². The third-order valence-electron chi connectivity index (χ3n) is 2.89. The average Bonchev–Trinajstić information content (AvgIpc) is 2.42. The number of hydrogen-bond donors (Lipinski definition) is 1. The van der Waals surface area contributed by atoms with Crippen LogP contribution in [0.25, 0.3) is 0 Å². The van der Waals surface area contributed by atoms with E-state index in [9.17, 15) is 4.79 Å². The van der Waals surface area contributed by atoms with Crippen molar-refractivity contribution < 1.29 is 0 Å². The van der Waals surface area contributed by atoms with Crippen molar-refractivity contribution in [2.45, 2.75) is 26.9 Å². The van der Waals surface area contributed by atoms with Crippen LogP contribution in [-0.4, -0.2) is 9.78 Å². The SMILES string of the molecule is CCn1ncc(NCc2ccc(C)cc2)c(Cl)c1=O. The predicted molar refractivity (Wildman–Crippen MR) is 77.7 cm³/mol. The van der Waals surface area contributed by atoms with Gasteiger partial charge in [-0.1, -0.05) is 41.4 Å². The van der Waals surface area contributed by atoms with E-state index in [-0.39, 0.29) is 10.6 Å². The van der Waals surface area contributed by atoms with Gasteiger partial charge in [-0.05, 0) is 19.4 Å². The first kappa shape index (κ1) is 13.6. The van der Waals surface area contributed by atoms with E-state index in [4.69, 9.17) is 11.6 Å². The molecule has 0 atom stereocenters. The maximum atomic E-state index is 11.8. The summed E-state index contributed by atoms with van der Waals surface area (Å²) >= 11 is 6.03. The van der Waals surface area contributed by atoms with Crippen molar-refractivity contribution >= 4 is 17.3 Å². The molecule has 0 spiro atoms.